The first kappa shape index (κ1) is 56.9. The smallest absolute Gasteiger partial charge is 0.123 e. The molecule has 15 aromatic rings. The van der Waals surface area contributed by atoms with Crippen LogP contribution >= 0.6 is 0 Å². The number of benzene rings is 15. The van der Waals surface area contributed by atoms with E-state index in [4.69, 9.17) is 28.4 Å². The molecule has 0 aliphatic carbocycles. The molecule has 0 atom stereocenters. The second kappa shape index (κ2) is 25.5. The van der Waals surface area contributed by atoms with Crippen LogP contribution in [0.1, 0.15) is 66.8 Å². The molecule has 0 aromatic heterocycles. The third-order valence-electron chi connectivity index (χ3n) is 18.4. The fourth-order valence-corrected chi connectivity index (χ4v) is 13.7. The Balaban J connectivity index is 0.785. The van der Waals surface area contributed by atoms with E-state index in [9.17, 15) is 0 Å². The maximum atomic E-state index is 6.98. The van der Waals surface area contributed by atoms with Crippen LogP contribution in [0.25, 0.3) is 64.6 Å². The van der Waals surface area contributed by atoms with Gasteiger partial charge in [0.25, 0.3) is 0 Å². The van der Waals surface area contributed by atoms with Gasteiger partial charge in [-0.3, -0.25) is 0 Å². The molecule has 1 aliphatic rings. The Hall–Kier alpha value is -11.3. The molecule has 0 saturated heterocycles. The molecule has 15 aromatic carbocycles. The maximum Gasteiger partial charge on any atom is 0.123 e. The van der Waals surface area contributed by atoms with Crippen LogP contribution in [-0.4, -0.2) is 0 Å². The summed E-state index contributed by atoms with van der Waals surface area (Å²) in [6.07, 6.45) is 1.76. The average molecular weight is 1210 g/mol. The Morgan fingerprint density at radius 1 is 0.161 bits per heavy atom. The SMILES string of the molecule is c1cc2cc(c1)COc1ccc3ccccc3c1Cc1c(ccc3ccccc13)OCc1cccc(c1)COc1ccc3ccccc3c1Cc1c(ccc3ccccc13)OCc1cccc(c1)COc1ccc3ccccc3c1Cc1c(ccc3ccccc13)OC2. The average Bonchev–Trinajstić information content (AvgIpc) is 0.849. The van der Waals surface area contributed by atoms with E-state index in [2.05, 4.69) is 291 Å². The lowest BCUT2D eigenvalue weighted by Crippen LogP contribution is -2.06. The predicted octanol–water partition coefficient (Wildman–Crippen LogP) is 21.2. The van der Waals surface area contributed by atoms with Gasteiger partial charge in [0, 0.05) is 52.6 Å². The quantitative estimate of drug-likeness (QED) is 0.151. The highest BCUT2D eigenvalue weighted by Gasteiger charge is 2.21. The second-order valence-corrected chi connectivity index (χ2v) is 24.3. The van der Waals surface area contributed by atoms with Crippen molar-refractivity contribution in [1.82, 2.24) is 0 Å². The highest BCUT2D eigenvalue weighted by Crippen LogP contribution is 2.41. The molecular formula is C87H66O6. The summed E-state index contributed by atoms with van der Waals surface area (Å²) < 4.78 is 41.9. The molecule has 6 bridgehead atoms. The molecule has 450 valence electrons. The third-order valence-corrected chi connectivity index (χ3v) is 18.4. The summed E-state index contributed by atoms with van der Waals surface area (Å²) in [7, 11) is 0. The third kappa shape index (κ3) is 11.9. The van der Waals surface area contributed by atoms with E-state index in [0.717, 1.165) is 166 Å². The topological polar surface area (TPSA) is 55.4 Å². The lowest BCUT2D eigenvalue weighted by molar-refractivity contribution is 0.294. The van der Waals surface area contributed by atoms with Crippen molar-refractivity contribution in [3.8, 4) is 34.5 Å². The first-order valence-corrected chi connectivity index (χ1v) is 32.1. The highest BCUT2D eigenvalue weighted by molar-refractivity contribution is 5.95. The Morgan fingerprint density at radius 2 is 0.333 bits per heavy atom. The number of fused-ring (bicyclic) bond motifs is 24. The van der Waals surface area contributed by atoms with Crippen molar-refractivity contribution in [1.29, 1.82) is 0 Å². The minimum Gasteiger partial charge on any atom is -0.489 e. The normalized spacial score (nSPS) is 13.3. The summed E-state index contributed by atoms with van der Waals surface area (Å²) in [4.78, 5) is 0. The van der Waals surface area contributed by atoms with E-state index in [1.807, 2.05) is 0 Å². The molecule has 0 unspecified atom stereocenters. The van der Waals surface area contributed by atoms with E-state index in [1.54, 1.807) is 0 Å². The van der Waals surface area contributed by atoms with Crippen molar-refractivity contribution < 1.29 is 28.4 Å². The molecule has 0 radical (unpaired) electrons. The van der Waals surface area contributed by atoms with Crippen LogP contribution in [0.3, 0.4) is 0 Å². The van der Waals surface area contributed by atoms with E-state index in [-0.39, 0.29) is 0 Å². The first-order valence-electron chi connectivity index (χ1n) is 32.1. The van der Waals surface area contributed by atoms with Crippen LogP contribution in [0.15, 0.2) is 291 Å². The summed E-state index contributed by atoms with van der Waals surface area (Å²) in [5.41, 5.74) is 12.9. The van der Waals surface area contributed by atoms with Gasteiger partial charge in [-0.1, -0.05) is 237 Å². The fraction of sp³-hybridized carbons (Fsp3) is 0.103. The summed E-state index contributed by atoms with van der Waals surface area (Å²) in [5.74, 6) is 4.98. The monoisotopic (exact) mass is 1210 g/mol. The van der Waals surface area contributed by atoms with Gasteiger partial charge in [0.2, 0.25) is 0 Å². The van der Waals surface area contributed by atoms with E-state index >= 15 is 0 Å². The largest absolute Gasteiger partial charge is 0.489 e. The van der Waals surface area contributed by atoms with Gasteiger partial charge >= 0.3 is 0 Å². The minimum atomic E-state index is 0.370. The molecule has 0 saturated carbocycles. The lowest BCUT2D eigenvalue weighted by Gasteiger charge is -2.20. The summed E-state index contributed by atoms with van der Waals surface area (Å²) in [6, 6.07) is 103. The Labute approximate surface area is 541 Å². The Morgan fingerprint density at radius 3 is 0.516 bits per heavy atom. The lowest BCUT2D eigenvalue weighted by atomic mass is 9.93. The summed E-state index contributed by atoms with van der Waals surface area (Å²) >= 11 is 0. The zero-order valence-electron chi connectivity index (χ0n) is 51.5. The van der Waals surface area contributed by atoms with Crippen LogP contribution in [0.2, 0.25) is 0 Å². The van der Waals surface area contributed by atoms with Gasteiger partial charge in [-0.2, -0.15) is 0 Å². The molecule has 1 aliphatic heterocycles. The number of hydrogen-bond acceptors (Lipinski definition) is 6. The van der Waals surface area contributed by atoms with Crippen LogP contribution in [-0.2, 0) is 58.9 Å². The second-order valence-electron chi connectivity index (χ2n) is 24.3. The maximum absolute atomic E-state index is 6.98. The van der Waals surface area contributed by atoms with Crippen molar-refractivity contribution in [3.05, 3.63) is 358 Å². The molecule has 6 heteroatoms. The molecule has 0 amide bonds. The van der Waals surface area contributed by atoms with Crippen LogP contribution < -0.4 is 28.4 Å². The first-order chi connectivity index (χ1) is 46.0. The zero-order chi connectivity index (χ0) is 61.9. The Kier molecular flexibility index (Phi) is 15.6. The van der Waals surface area contributed by atoms with Crippen LogP contribution in [0, 0.1) is 0 Å². The van der Waals surface area contributed by atoms with Gasteiger partial charge in [-0.15, -0.1) is 0 Å². The molecule has 0 fully saturated rings. The number of ether oxygens (including phenoxy) is 6. The van der Waals surface area contributed by atoms with Gasteiger partial charge in [-0.05, 0) is 153 Å². The van der Waals surface area contributed by atoms with E-state index < -0.39 is 0 Å². The minimum absolute atomic E-state index is 0.370. The standard InChI is InChI=1S/C87H66O6/c1-7-28-70-64(22-1)34-40-82-76(70)49-77-71-29-8-2-23-65(71)35-41-83(77)89-53-60-18-14-19-61(47-60)55-91-85-43-37-67-25-5-11-32-74(67)80(85)51-81-75-33-12-6-27-69(75)39-45-87(81)93-57-63-21-15-20-62(48-63)56-92-86-44-38-68-26-4-10-31-73(68)79(86)50-78-72-30-9-3-24-66(72)36-42-84(78)90-54-59-17-13-16-58(46-59)52-88-82/h1-48H,49-57H2. The van der Waals surface area contributed by atoms with Crippen LogP contribution in [0.4, 0.5) is 0 Å². The number of hydrogen-bond donors (Lipinski definition) is 0. The van der Waals surface area contributed by atoms with Gasteiger partial charge < -0.3 is 28.4 Å². The molecule has 0 spiro atoms. The summed E-state index contributed by atoms with van der Waals surface area (Å²) in [6.45, 7) is 2.22. The fourth-order valence-electron chi connectivity index (χ4n) is 13.7. The van der Waals surface area contributed by atoms with Gasteiger partial charge in [0.05, 0.1) is 0 Å². The molecule has 6 nitrogen and oxygen atoms in total. The number of rotatable bonds is 0. The summed E-state index contributed by atoms with van der Waals surface area (Å²) in [5, 5.41) is 13.7. The van der Waals surface area contributed by atoms with E-state index in [1.165, 1.54) is 0 Å². The molecular weight excluding hydrogens is 1140 g/mol. The van der Waals surface area contributed by atoms with Gasteiger partial charge in [0.15, 0.2) is 0 Å². The van der Waals surface area contributed by atoms with Gasteiger partial charge in [-0.25, -0.2) is 0 Å². The van der Waals surface area contributed by atoms with Crippen molar-refractivity contribution in [2.24, 2.45) is 0 Å². The molecule has 16 rings (SSSR count). The van der Waals surface area contributed by atoms with Crippen molar-refractivity contribution >= 4 is 64.6 Å². The zero-order valence-corrected chi connectivity index (χ0v) is 51.5. The highest BCUT2D eigenvalue weighted by atomic mass is 16.5. The predicted molar refractivity (Wildman–Crippen MR) is 377 cm³/mol. The van der Waals surface area contributed by atoms with Gasteiger partial charge in [0.1, 0.15) is 74.1 Å². The van der Waals surface area contributed by atoms with Crippen molar-refractivity contribution in [3.63, 3.8) is 0 Å². The Bertz CT molecular complexity index is 4460. The molecule has 0 N–H and O–H groups in total. The van der Waals surface area contributed by atoms with E-state index in [0.29, 0.717) is 58.9 Å². The molecule has 1 heterocycles. The van der Waals surface area contributed by atoms with Crippen LogP contribution in [0.5, 0.6) is 34.5 Å². The van der Waals surface area contributed by atoms with Crippen molar-refractivity contribution in [2.75, 3.05) is 0 Å². The molecule has 93 heavy (non-hydrogen) atoms. The van der Waals surface area contributed by atoms with Crippen molar-refractivity contribution in [2.45, 2.75) is 58.9 Å².